The molecule has 0 aliphatic carbocycles. The molecule has 0 unspecified atom stereocenters. The molecule has 0 aliphatic heterocycles. The van der Waals surface area contributed by atoms with Gasteiger partial charge >= 0.3 is 0 Å². The lowest BCUT2D eigenvalue weighted by molar-refractivity contribution is 1.54. The van der Waals surface area contributed by atoms with Crippen LogP contribution in [-0.4, -0.2) is 5.16 Å². The number of aliphatic imine (C=N–C) groups is 1. The molecule has 2 aromatic carbocycles. The first-order valence-electron chi connectivity index (χ1n) is 5.29. The van der Waals surface area contributed by atoms with Gasteiger partial charge in [0, 0.05) is 0 Å². The van der Waals surface area contributed by atoms with Gasteiger partial charge in [-0.2, -0.15) is 4.99 Å². The number of rotatable bonds is 3. The van der Waals surface area contributed by atoms with Crippen molar-refractivity contribution in [1.29, 1.82) is 0 Å². The smallest absolute Gasteiger partial charge is 0.0739 e. The van der Waals surface area contributed by atoms with Crippen LogP contribution in [0.15, 0.2) is 59.6 Å². The molecule has 0 spiro atoms. The van der Waals surface area contributed by atoms with E-state index >= 15 is 0 Å². The minimum atomic E-state index is 0.830. The molecule has 0 radical (unpaired) electrons. The topological polar surface area (TPSA) is 12.4 Å². The molecule has 0 bridgehead atoms. The van der Waals surface area contributed by atoms with E-state index in [0.29, 0.717) is 0 Å². The quantitative estimate of drug-likeness (QED) is 0.432. The third-order valence-electron chi connectivity index (χ3n) is 2.34. The molecule has 0 saturated heterocycles. The van der Waals surface area contributed by atoms with Crippen molar-refractivity contribution in [3.05, 3.63) is 65.7 Å². The van der Waals surface area contributed by atoms with Crippen LogP contribution in [0.2, 0.25) is 0 Å². The van der Waals surface area contributed by atoms with Crippen LogP contribution in [0.1, 0.15) is 11.1 Å². The number of hydrogen-bond donors (Lipinski definition) is 0. The summed E-state index contributed by atoms with van der Waals surface area (Å²) in [5.41, 5.74) is 3.16. The average Bonchev–Trinajstić information content (AvgIpc) is 2.40. The van der Waals surface area contributed by atoms with Gasteiger partial charge in [-0.25, -0.2) is 0 Å². The van der Waals surface area contributed by atoms with Crippen LogP contribution in [0.4, 0.5) is 5.69 Å². The van der Waals surface area contributed by atoms with Crippen LogP contribution in [0.25, 0.3) is 12.2 Å². The standard InChI is InChI=1S/C15H11NS/c17-12-16-15-10-8-14(9-11-15)7-6-13-4-2-1-3-5-13/h1-11H/b7-6+. The maximum atomic E-state index is 4.55. The Morgan fingerprint density at radius 1 is 0.824 bits per heavy atom. The van der Waals surface area contributed by atoms with E-state index in [1.807, 2.05) is 42.5 Å². The van der Waals surface area contributed by atoms with E-state index in [9.17, 15) is 0 Å². The highest BCUT2D eigenvalue weighted by Crippen LogP contribution is 2.14. The van der Waals surface area contributed by atoms with Gasteiger partial charge in [-0.1, -0.05) is 54.6 Å². The Kier molecular flexibility index (Phi) is 3.98. The minimum absolute atomic E-state index is 0.830. The summed E-state index contributed by atoms with van der Waals surface area (Å²) < 4.78 is 0. The van der Waals surface area contributed by atoms with Gasteiger partial charge in [0.1, 0.15) is 0 Å². The van der Waals surface area contributed by atoms with Gasteiger partial charge in [0.15, 0.2) is 0 Å². The van der Waals surface area contributed by atoms with Crippen molar-refractivity contribution in [3.8, 4) is 0 Å². The van der Waals surface area contributed by atoms with Crippen LogP contribution >= 0.6 is 12.2 Å². The third-order valence-corrected chi connectivity index (χ3v) is 2.43. The number of thiocarbonyl (C=S) groups is 1. The molecule has 0 atom stereocenters. The first-order chi connectivity index (χ1) is 8.38. The monoisotopic (exact) mass is 237 g/mol. The molecular formula is C15H11NS. The molecular weight excluding hydrogens is 226 g/mol. The van der Waals surface area contributed by atoms with Crippen molar-refractivity contribution in [2.24, 2.45) is 4.99 Å². The fraction of sp³-hybridized carbons (Fsp3) is 0. The summed E-state index contributed by atoms with van der Waals surface area (Å²) in [6.45, 7) is 0. The molecule has 0 saturated carbocycles. The Morgan fingerprint density at radius 2 is 1.41 bits per heavy atom. The zero-order chi connectivity index (χ0) is 11.9. The summed E-state index contributed by atoms with van der Waals surface area (Å²) in [5, 5.41) is 2.35. The summed E-state index contributed by atoms with van der Waals surface area (Å²) in [6, 6.07) is 18.1. The predicted octanol–water partition coefficient (Wildman–Crippen LogP) is 4.59. The second kappa shape index (κ2) is 5.90. The predicted molar refractivity (Wildman–Crippen MR) is 76.5 cm³/mol. The van der Waals surface area contributed by atoms with Crippen molar-refractivity contribution in [2.45, 2.75) is 0 Å². The summed E-state index contributed by atoms with van der Waals surface area (Å²) in [6.07, 6.45) is 4.15. The Bertz CT molecular complexity index is 549. The summed E-state index contributed by atoms with van der Waals surface area (Å²) in [7, 11) is 0. The zero-order valence-corrected chi connectivity index (χ0v) is 10.0. The molecule has 0 fully saturated rings. The number of hydrogen-bond acceptors (Lipinski definition) is 2. The molecule has 0 heterocycles. The second-order valence-corrected chi connectivity index (χ2v) is 3.72. The Hall–Kier alpha value is -2.02. The number of benzene rings is 2. The van der Waals surface area contributed by atoms with Gasteiger partial charge in [0.2, 0.25) is 0 Å². The van der Waals surface area contributed by atoms with E-state index in [0.717, 1.165) is 11.3 Å². The van der Waals surface area contributed by atoms with Crippen molar-refractivity contribution in [3.63, 3.8) is 0 Å². The number of isothiocyanates is 1. The Morgan fingerprint density at radius 3 is 2.00 bits per heavy atom. The van der Waals surface area contributed by atoms with Crippen LogP contribution in [0.5, 0.6) is 0 Å². The van der Waals surface area contributed by atoms with E-state index in [-0.39, 0.29) is 0 Å². The Labute approximate surface area is 106 Å². The Balaban J connectivity index is 2.14. The summed E-state index contributed by atoms with van der Waals surface area (Å²) in [4.78, 5) is 3.91. The lowest BCUT2D eigenvalue weighted by atomic mass is 10.1. The number of nitrogens with zero attached hydrogens (tertiary/aromatic N) is 1. The summed E-state index contributed by atoms with van der Waals surface area (Å²) in [5.74, 6) is 0. The molecule has 0 amide bonds. The molecule has 2 rings (SSSR count). The first-order valence-corrected chi connectivity index (χ1v) is 5.70. The fourth-order valence-electron chi connectivity index (χ4n) is 1.47. The van der Waals surface area contributed by atoms with Gasteiger partial charge in [-0.3, -0.25) is 0 Å². The lowest BCUT2D eigenvalue weighted by Gasteiger charge is -1.95. The van der Waals surface area contributed by atoms with E-state index in [4.69, 9.17) is 0 Å². The van der Waals surface area contributed by atoms with Crippen LogP contribution < -0.4 is 0 Å². The molecule has 1 nitrogen and oxygen atoms in total. The van der Waals surface area contributed by atoms with Crippen LogP contribution in [0, 0.1) is 0 Å². The van der Waals surface area contributed by atoms with Crippen LogP contribution in [-0.2, 0) is 0 Å². The lowest BCUT2D eigenvalue weighted by Crippen LogP contribution is -1.72. The summed E-state index contributed by atoms with van der Waals surface area (Å²) >= 11 is 4.55. The van der Waals surface area contributed by atoms with Gasteiger partial charge in [-0.05, 0) is 35.5 Å². The average molecular weight is 237 g/mol. The molecule has 2 aromatic rings. The van der Waals surface area contributed by atoms with Crippen LogP contribution in [0.3, 0.4) is 0 Å². The highest BCUT2D eigenvalue weighted by molar-refractivity contribution is 7.78. The maximum Gasteiger partial charge on any atom is 0.0739 e. The molecule has 0 aliphatic rings. The SMILES string of the molecule is S=C=Nc1ccc(/C=C/c2ccccc2)cc1. The fourth-order valence-corrected chi connectivity index (χ4v) is 1.57. The van der Waals surface area contributed by atoms with E-state index in [1.165, 1.54) is 5.56 Å². The molecule has 0 N–H and O–H groups in total. The molecule has 0 aromatic heterocycles. The molecule has 2 heteroatoms. The van der Waals surface area contributed by atoms with Gasteiger partial charge in [0.05, 0.1) is 10.8 Å². The van der Waals surface area contributed by atoms with Crippen molar-refractivity contribution in [1.82, 2.24) is 0 Å². The van der Waals surface area contributed by atoms with Crippen molar-refractivity contribution >= 4 is 35.2 Å². The van der Waals surface area contributed by atoms with Gasteiger partial charge < -0.3 is 0 Å². The van der Waals surface area contributed by atoms with E-state index in [1.54, 1.807) is 0 Å². The highest BCUT2D eigenvalue weighted by Gasteiger charge is 1.89. The van der Waals surface area contributed by atoms with Gasteiger partial charge in [-0.15, -0.1) is 0 Å². The zero-order valence-electron chi connectivity index (χ0n) is 9.21. The molecule has 82 valence electrons. The molecule has 17 heavy (non-hydrogen) atoms. The van der Waals surface area contributed by atoms with E-state index in [2.05, 4.69) is 46.7 Å². The van der Waals surface area contributed by atoms with E-state index < -0.39 is 0 Å². The largest absolute Gasteiger partial charge is 0.195 e. The first kappa shape index (κ1) is 11.5. The minimum Gasteiger partial charge on any atom is -0.195 e. The normalized spacial score (nSPS) is 10.1. The second-order valence-electron chi connectivity index (χ2n) is 3.54. The van der Waals surface area contributed by atoms with Crippen molar-refractivity contribution < 1.29 is 0 Å². The van der Waals surface area contributed by atoms with Gasteiger partial charge in [0.25, 0.3) is 0 Å². The maximum absolute atomic E-state index is 4.55. The van der Waals surface area contributed by atoms with Crippen molar-refractivity contribution in [2.75, 3.05) is 0 Å². The highest BCUT2D eigenvalue weighted by atomic mass is 32.1. The third kappa shape index (κ3) is 3.49.